The highest BCUT2D eigenvalue weighted by Crippen LogP contribution is 2.33. The first-order valence-electron chi connectivity index (χ1n) is 5.22. The van der Waals surface area contributed by atoms with Crippen LogP contribution in [0, 0.1) is 6.92 Å². The van der Waals surface area contributed by atoms with Crippen molar-refractivity contribution in [2.45, 2.75) is 25.2 Å². The third kappa shape index (κ3) is 2.16. The van der Waals surface area contributed by atoms with Gasteiger partial charge >= 0.3 is 5.69 Å². The molecule has 0 unspecified atom stereocenters. The predicted octanol–water partition coefficient (Wildman–Crippen LogP) is -0.247. The summed E-state index contributed by atoms with van der Waals surface area (Å²) < 4.78 is 20.1. The van der Waals surface area contributed by atoms with Crippen molar-refractivity contribution in [3.05, 3.63) is 22.2 Å². The van der Waals surface area contributed by atoms with Crippen LogP contribution in [0.4, 0.5) is 10.2 Å². The van der Waals surface area contributed by atoms with E-state index < -0.39 is 24.2 Å². The van der Waals surface area contributed by atoms with E-state index in [0.29, 0.717) is 5.56 Å². The first-order valence-corrected chi connectivity index (χ1v) is 5.22. The fraction of sp³-hybridized carbons (Fsp3) is 0.600. The van der Waals surface area contributed by atoms with Crippen LogP contribution in [0.25, 0.3) is 0 Å². The van der Waals surface area contributed by atoms with Gasteiger partial charge in [-0.05, 0) is 6.92 Å². The number of hydrogen-bond donors (Lipinski definition) is 2. The lowest BCUT2D eigenvalue weighted by atomic mass is 10.1. The molecule has 3 N–H and O–H groups in total. The molecule has 1 saturated heterocycles. The molecular weight excluding hydrogens is 229 g/mol. The van der Waals surface area contributed by atoms with Gasteiger partial charge in [0.05, 0.1) is 13.2 Å². The van der Waals surface area contributed by atoms with E-state index in [9.17, 15) is 9.18 Å². The molecular formula is C10H14FN3O3. The molecule has 0 spiro atoms. The summed E-state index contributed by atoms with van der Waals surface area (Å²) in [6.07, 6.45) is 0.666. The number of aliphatic hydroxyl groups excluding tert-OH is 1. The largest absolute Gasteiger partial charge is 0.393 e. The van der Waals surface area contributed by atoms with Crippen LogP contribution < -0.4 is 11.4 Å². The Kier molecular flexibility index (Phi) is 2.88. The van der Waals surface area contributed by atoms with Gasteiger partial charge in [-0.25, -0.2) is 9.18 Å². The van der Waals surface area contributed by atoms with Gasteiger partial charge in [-0.3, -0.25) is 4.57 Å². The third-order valence-electron chi connectivity index (χ3n) is 2.84. The lowest BCUT2D eigenvalue weighted by molar-refractivity contribution is 0.0273. The lowest BCUT2D eigenvalue weighted by Crippen LogP contribution is -2.30. The van der Waals surface area contributed by atoms with E-state index in [2.05, 4.69) is 4.98 Å². The number of anilines is 1. The Labute approximate surface area is 96.8 Å². The number of rotatable bonds is 2. The molecule has 1 aliphatic heterocycles. The molecule has 1 fully saturated rings. The number of aliphatic hydroxyl groups is 1. The summed E-state index contributed by atoms with van der Waals surface area (Å²) >= 11 is 0. The highest BCUT2D eigenvalue weighted by atomic mass is 19.1. The average Bonchev–Trinajstić information content (AvgIpc) is 2.67. The zero-order chi connectivity index (χ0) is 12.6. The van der Waals surface area contributed by atoms with E-state index in [4.69, 9.17) is 15.6 Å². The fourth-order valence-corrected chi connectivity index (χ4v) is 1.75. The van der Waals surface area contributed by atoms with E-state index in [-0.39, 0.29) is 18.8 Å². The molecule has 1 aromatic heterocycles. The van der Waals surface area contributed by atoms with Crippen LogP contribution in [0.2, 0.25) is 0 Å². The molecule has 7 heteroatoms. The number of halogens is 1. The van der Waals surface area contributed by atoms with E-state index >= 15 is 0 Å². The number of aryl methyl sites for hydroxylation is 1. The van der Waals surface area contributed by atoms with Crippen molar-refractivity contribution >= 4 is 5.82 Å². The summed E-state index contributed by atoms with van der Waals surface area (Å²) in [5, 5.41) is 8.88. The summed E-state index contributed by atoms with van der Waals surface area (Å²) in [7, 11) is 0. The van der Waals surface area contributed by atoms with E-state index in [1.807, 2.05) is 0 Å². The Morgan fingerprint density at radius 2 is 2.53 bits per heavy atom. The van der Waals surface area contributed by atoms with Gasteiger partial charge in [-0.2, -0.15) is 4.98 Å². The monoisotopic (exact) mass is 243 g/mol. The van der Waals surface area contributed by atoms with Crippen molar-refractivity contribution in [3.8, 4) is 0 Å². The molecule has 2 heterocycles. The van der Waals surface area contributed by atoms with Crippen molar-refractivity contribution in [3.63, 3.8) is 0 Å². The Morgan fingerprint density at radius 1 is 1.82 bits per heavy atom. The van der Waals surface area contributed by atoms with Gasteiger partial charge in [0.1, 0.15) is 12.0 Å². The zero-order valence-corrected chi connectivity index (χ0v) is 9.39. The number of nitrogen functional groups attached to an aromatic ring is 1. The van der Waals surface area contributed by atoms with Crippen molar-refractivity contribution in [2.75, 3.05) is 18.9 Å². The Hall–Kier alpha value is -1.47. The predicted molar refractivity (Wildman–Crippen MR) is 58.2 cm³/mol. The van der Waals surface area contributed by atoms with Crippen molar-refractivity contribution in [2.24, 2.45) is 0 Å². The molecule has 0 radical (unpaired) electrons. The molecule has 1 aliphatic rings. The molecule has 6 nitrogen and oxygen atoms in total. The van der Waals surface area contributed by atoms with Crippen molar-refractivity contribution in [1.82, 2.24) is 9.55 Å². The maximum absolute atomic E-state index is 13.8. The first-order chi connectivity index (χ1) is 7.95. The van der Waals surface area contributed by atoms with Crippen LogP contribution >= 0.6 is 0 Å². The number of nitrogens with zero attached hydrogens (tertiary/aromatic N) is 2. The number of alkyl halides is 1. The lowest BCUT2D eigenvalue weighted by Gasteiger charge is -2.15. The van der Waals surface area contributed by atoms with Crippen LogP contribution in [0.5, 0.6) is 0 Å². The van der Waals surface area contributed by atoms with Crippen LogP contribution in [0.15, 0.2) is 11.0 Å². The molecule has 0 amide bonds. The highest BCUT2D eigenvalue weighted by Gasteiger charge is 2.41. The second kappa shape index (κ2) is 4.08. The summed E-state index contributed by atoms with van der Waals surface area (Å²) in [6.45, 7) is 0.839. The van der Waals surface area contributed by atoms with Gasteiger partial charge in [0.2, 0.25) is 0 Å². The number of nitrogens with two attached hydrogens (primary N) is 1. The van der Waals surface area contributed by atoms with Gasteiger partial charge in [0, 0.05) is 18.2 Å². The van der Waals surface area contributed by atoms with Crippen LogP contribution in [-0.2, 0) is 4.74 Å². The van der Waals surface area contributed by atoms with Crippen molar-refractivity contribution in [1.29, 1.82) is 0 Å². The molecule has 0 aliphatic carbocycles. The van der Waals surface area contributed by atoms with E-state index in [0.717, 1.165) is 0 Å². The Morgan fingerprint density at radius 3 is 3.12 bits per heavy atom. The SMILES string of the molecule is Cc1cn([C@H]2C[C@@](F)(CO)CO2)c(=O)nc1N. The number of hydrogen-bond acceptors (Lipinski definition) is 5. The summed E-state index contributed by atoms with van der Waals surface area (Å²) in [5.74, 6) is 0.151. The molecule has 94 valence electrons. The molecule has 17 heavy (non-hydrogen) atoms. The van der Waals surface area contributed by atoms with E-state index in [1.54, 1.807) is 6.92 Å². The molecule has 0 bridgehead atoms. The third-order valence-corrected chi connectivity index (χ3v) is 2.84. The summed E-state index contributed by atoms with van der Waals surface area (Å²) in [5.41, 5.74) is 3.73. The number of ether oxygens (including phenoxy) is 1. The molecule has 1 aromatic rings. The van der Waals surface area contributed by atoms with Gasteiger partial charge in [0.25, 0.3) is 0 Å². The fourth-order valence-electron chi connectivity index (χ4n) is 1.75. The second-order valence-electron chi connectivity index (χ2n) is 4.28. The van der Waals surface area contributed by atoms with E-state index in [1.165, 1.54) is 10.8 Å². The quantitative estimate of drug-likeness (QED) is 0.747. The molecule has 0 aromatic carbocycles. The first kappa shape index (κ1) is 12.0. The highest BCUT2D eigenvalue weighted by molar-refractivity contribution is 5.35. The maximum Gasteiger partial charge on any atom is 0.351 e. The molecule has 2 atom stereocenters. The topological polar surface area (TPSA) is 90.4 Å². The van der Waals surface area contributed by atoms with Crippen LogP contribution in [0.1, 0.15) is 18.2 Å². The standard InChI is InChI=1S/C10H14FN3O3/c1-6-3-14(9(16)13-8(6)12)7-2-10(11,4-15)5-17-7/h3,7,15H,2,4-5H2,1H3,(H2,12,13,16)/t7-,10-/m1/s1. The smallest absolute Gasteiger partial charge is 0.351 e. The molecule has 2 rings (SSSR count). The Balaban J connectivity index is 2.31. The van der Waals surface area contributed by atoms with Gasteiger partial charge in [0.15, 0.2) is 5.67 Å². The normalized spacial score (nSPS) is 28.5. The maximum atomic E-state index is 13.8. The van der Waals surface area contributed by atoms with Crippen LogP contribution in [-0.4, -0.2) is 33.5 Å². The average molecular weight is 243 g/mol. The zero-order valence-electron chi connectivity index (χ0n) is 9.39. The van der Waals surface area contributed by atoms with Gasteiger partial charge in [-0.1, -0.05) is 0 Å². The molecule has 0 saturated carbocycles. The summed E-state index contributed by atoms with van der Waals surface area (Å²) in [6, 6.07) is 0. The van der Waals surface area contributed by atoms with Gasteiger partial charge < -0.3 is 15.6 Å². The minimum absolute atomic E-state index is 0.0750. The van der Waals surface area contributed by atoms with Gasteiger partial charge in [-0.15, -0.1) is 0 Å². The number of aromatic nitrogens is 2. The minimum Gasteiger partial charge on any atom is -0.393 e. The minimum atomic E-state index is -1.79. The Bertz CT molecular complexity index is 490. The van der Waals surface area contributed by atoms with Crippen LogP contribution in [0.3, 0.4) is 0 Å². The second-order valence-corrected chi connectivity index (χ2v) is 4.28. The summed E-state index contributed by atoms with van der Waals surface area (Å²) in [4.78, 5) is 15.2. The van der Waals surface area contributed by atoms with Crippen molar-refractivity contribution < 1.29 is 14.2 Å².